The van der Waals surface area contributed by atoms with E-state index in [9.17, 15) is 14.4 Å². The number of carboxylic acid groups (broad SMARTS) is 1. The highest BCUT2D eigenvalue weighted by Gasteiger charge is 2.11. The van der Waals surface area contributed by atoms with Crippen LogP contribution in [0, 0.1) is 0 Å². The van der Waals surface area contributed by atoms with Crippen LogP contribution in [-0.4, -0.2) is 35.7 Å². The molecular weight excluding hydrogens is 328 g/mol. The van der Waals surface area contributed by atoms with E-state index < -0.39 is 5.97 Å². The number of carbonyl (C=O) groups is 3. The van der Waals surface area contributed by atoms with Crippen LogP contribution in [0.3, 0.4) is 0 Å². The first-order valence-corrected chi connectivity index (χ1v) is 8.07. The zero-order chi connectivity index (χ0) is 17.5. The molecule has 0 saturated carbocycles. The van der Waals surface area contributed by atoms with Crippen LogP contribution in [0.25, 0.3) is 0 Å². The lowest BCUT2D eigenvalue weighted by molar-refractivity contribution is -0.113. The van der Waals surface area contributed by atoms with Crippen LogP contribution in [-0.2, 0) is 4.79 Å². The van der Waals surface area contributed by atoms with Crippen molar-refractivity contribution < 1.29 is 19.5 Å². The summed E-state index contributed by atoms with van der Waals surface area (Å²) in [6, 6.07) is 13.0. The lowest BCUT2D eigenvalue weighted by Crippen LogP contribution is -2.18. The minimum Gasteiger partial charge on any atom is -0.478 e. The van der Waals surface area contributed by atoms with Gasteiger partial charge in [-0.3, -0.25) is 9.59 Å². The number of nitrogens with one attached hydrogen (secondary N) is 2. The monoisotopic (exact) mass is 344 g/mol. The van der Waals surface area contributed by atoms with Crippen molar-refractivity contribution in [1.29, 1.82) is 0 Å². The van der Waals surface area contributed by atoms with Gasteiger partial charge in [0.25, 0.3) is 5.91 Å². The average Bonchev–Trinajstić information content (AvgIpc) is 2.60. The Kier molecular flexibility index (Phi) is 5.97. The third kappa shape index (κ3) is 4.60. The summed E-state index contributed by atoms with van der Waals surface area (Å²) in [5.74, 6) is -1.40. The molecule has 6 nitrogen and oxygen atoms in total. The second-order valence-electron chi connectivity index (χ2n) is 4.79. The SMILES string of the molecule is CNC(=O)c1ccc(NC(=O)CSc2ccccc2C(=O)O)cc1. The van der Waals surface area contributed by atoms with Crippen molar-refractivity contribution in [2.45, 2.75) is 4.90 Å². The lowest BCUT2D eigenvalue weighted by Gasteiger charge is -2.07. The van der Waals surface area contributed by atoms with Gasteiger partial charge in [-0.2, -0.15) is 0 Å². The molecule has 0 bridgehead atoms. The Labute approximate surface area is 143 Å². The van der Waals surface area contributed by atoms with E-state index in [4.69, 9.17) is 5.11 Å². The molecule has 2 aromatic rings. The Morgan fingerprint density at radius 1 is 1.04 bits per heavy atom. The molecule has 0 aromatic heterocycles. The average molecular weight is 344 g/mol. The highest BCUT2D eigenvalue weighted by atomic mass is 32.2. The normalized spacial score (nSPS) is 10.0. The summed E-state index contributed by atoms with van der Waals surface area (Å²) in [7, 11) is 1.55. The van der Waals surface area contributed by atoms with Crippen molar-refractivity contribution in [3.63, 3.8) is 0 Å². The van der Waals surface area contributed by atoms with E-state index in [1.165, 1.54) is 6.07 Å². The number of aromatic carboxylic acids is 1. The fraction of sp³-hybridized carbons (Fsp3) is 0.118. The van der Waals surface area contributed by atoms with Gasteiger partial charge in [-0.25, -0.2) is 4.79 Å². The van der Waals surface area contributed by atoms with Crippen LogP contribution < -0.4 is 10.6 Å². The van der Waals surface area contributed by atoms with Gasteiger partial charge in [0.1, 0.15) is 0 Å². The van der Waals surface area contributed by atoms with Crippen molar-refractivity contribution in [1.82, 2.24) is 5.32 Å². The van der Waals surface area contributed by atoms with Gasteiger partial charge in [0.05, 0.1) is 11.3 Å². The van der Waals surface area contributed by atoms with Crippen molar-refractivity contribution >= 4 is 35.2 Å². The third-order valence-electron chi connectivity index (χ3n) is 3.13. The van der Waals surface area contributed by atoms with Crippen LogP contribution in [0.4, 0.5) is 5.69 Å². The summed E-state index contributed by atoms with van der Waals surface area (Å²) in [5, 5.41) is 14.3. The zero-order valence-corrected chi connectivity index (χ0v) is 13.7. The van der Waals surface area contributed by atoms with Gasteiger partial charge in [-0.15, -0.1) is 11.8 Å². The summed E-state index contributed by atoms with van der Waals surface area (Å²) >= 11 is 1.16. The van der Waals surface area contributed by atoms with Crippen LogP contribution in [0.2, 0.25) is 0 Å². The van der Waals surface area contributed by atoms with Gasteiger partial charge < -0.3 is 15.7 Å². The number of rotatable bonds is 6. The maximum atomic E-state index is 12.0. The molecule has 0 atom stereocenters. The van der Waals surface area contributed by atoms with Crippen molar-refractivity contribution in [2.24, 2.45) is 0 Å². The molecule has 0 unspecified atom stereocenters. The fourth-order valence-electron chi connectivity index (χ4n) is 1.96. The van der Waals surface area contributed by atoms with Crippen LogP contribution >= 0.6 is 11.8 Å². The number of anilines is 1. The van der Waals surface area contributed by atoms with E-state index >= 15 is 0 Å². The van der Waals surface area contributed by atoms with E-state index in [-0.39, 0.29) is 23.1 Å². The predicted molar refractivity (Wildman–Crippen MR) is 92.6 cm³/mol. The van der Waals surface area contributed by atoms with Gasteiger partial charge in [-0.05, 0) is 36.4 Å². The molecule has 2 aromatic carbocycles. The quantitative estimate of drug-likeness (QED) is 0.700. The Bertz CT molecular complexity index is 759. The fourth-order valence-corrected chi connectivity index (χ4v) is 2.80. The number of benzene rings is 2. The van der Waals surface area contributed by atoms with E-state index in [2.05, 4.69) is 10.6 Å². The molecule has 0 radical (unpaired) electrons. The van der Waals surface area contributed by atoms with Crippen LogP contribution in [0.1, 0.15) is 20.7 Å². The second kappa shape index (κ2) is 8.16. The van der Waals surface area contributed by atoms with Gasteiger partial charge >= 0.3 is 5.97 Å². The highest BCUT2D eigenvalue weighted by molar-refractivity contribution is 8.00. The van der Waals surface area contributed by atoms with Gasteiger partial charge in [-0.1, -0.05) is 12.1 Å². The molecule has 0 heterocycles. The molecule has 0 aliphatic heterocycles. The van der Waals surface area contributed by atoms with Crippen molar-refractivity contribution in [2.75, 3.05) is 18.1 Å². The van der Waals surface area contributed by atoms with E-state index in [1.54, 1.807) is 49.5 Å². The number of hydrogen-bond donors (Lipinski definition) is 3. The van der Waals surface area contributed by atoms with E-state index in [1.807, 2.05) is 0 Å². The maximum absolute atomic E-state index is 12.0. The number of carbonyl (C=O) groups excluding carboxylic acids is 2. The van der Waals surface area contributed by atoms with E-state index in [0.717, 1.165) is 11.8 Å². The maximum Gasteiger partial charge on any atom is 0.336 e. The third-order valence-corrected chi connectivity index (χ3v) is 4.21. The smallest absolute Gasteiger partial charge is 0.336 e. The molecule has 3 N–H and O–H groups in total. The Morgan fingerprint density at radius 2 is 1.71 bits per heavy atom. The lowest BCUT2D eigenvalue weighted by atomic mass is 10.2. The summed E-state index contributed by atoms with van der Waals surface area (Å²) in [5.41, 5.74) is 1.24. The highest BCUT2D eigenvalue weighted by Crippen LogP contribution is 2.23. The van der Waals surface area contributed by atoms with Crippen molar-refractivity contribution in [3.8, 4) is 0 Å². The minimum atomic E-state index is -1.02. The summed E-state index contributed by atoms with van der Waals surface area (Å²) in [4.78, 5) is 35.1. The standard InChI is InChI=1S/C17H16N2O4S/c1-18-16(21)11-6-8-12(9-7-11)19-15(20)10-24-14-5-3-2-4-13(14)17(22)23/h2-9H,10H2,1H3,(H,18,21)(H,19,20)(H,22,23). The topological polar surface area (TPSA) is 95.5 Å². The Morgan fingerprint density at radius 3 is 2.33 bits per heavy atom. The van der Waals surface area contributed by atoms with Crippen LogP contribution in [0.5, 0.6) is 0 Å². The predicted octanol–water partition coefficient (Wildman–Crippen LogP) is 2.48. The van der Waals surface area contributed by atoms with E-state index in [0.29, 0.717) is 16.1 Å². The second-order valence-corrected chi connectivity index (χ2v) is 5.81. The number of hydrogen-bond acceptors (Lipinski definition) is 4. The molecule has 7 heteroatoms. The first-order chi connectivity index (χ1) is 11.5. The molecule has 2 rings (SSSR count). The number of carboxylic acids is 1. The Balaban J connectivity index is 1.94. The number of thioether (sulfide) groups is 1. The summed E-state index contributed by atoms with van der Waals surface area (Å²) < 4.78 is 0. The zero-order valence-electron chi connectivity index (χ0n) is 12.9. The summed E-state index contributed by atoms with van der Waals surface area (Å²) in [6.07, 6.45) is 0. The molecule has 0 fully saturated rings. The molecule has 0 spiro atoms. The molecule has 124 valence electrons. The molecule has 0 aliphatic carbocycles. The first-order valence-electron chi connectivity index (χ1n) is 7.08. The van der Waals surface area contributed by atoms with Gasteiger partial charge in [0.15, 0.2) is 0 Å². The van der Waals surface area contributed by atoms with Crippen molar-refractivity contribution in [3.05, 3.63) is 59.7 Å². The summed E-state index contributed by atoms with van der Waals surface area (Å²) in [6.45, 7) is 0. The Hall–Kier alpha value is -2.80. The van der Waals surface area contributed by atoms with Gasteiger partial charge in [0, 0.05) is 23.2 Å². The molecular formula is C17H16N2O4S. The molecule has 2 amide bonds. The number of amides is 2. The molecule has 0 aliphatic rings. The molecule has 24 heavy (non-hydrogen) atoms. The van der Waals surface area contributed by atoms with Gasteiger partial charge in [0.2, 0.25) is 5.91 Å². The minimum absolute atomic E-state index is 0.0848. The molecule has 0 saturated heterocycles. The first kappa shape index (κ1) is 17.6. The largest absolute Gasteiger partial charge is 0.478 e. The van der Waals surface area contributed by atoms with Crippen LogP contribution in [0.15, 0.2) is 53.4 Å².